The molecule has 0 aliphatic carbocycles. The van der Waals surface area contributed by atoms with E-state index in [-0.39, 0.29) is 0 Å². The number of hydrogen-bond acceptors (Lipinski definition) is 1. The second kappa shape index (κ2) is 3.41. The molecular weight excluding hydrogens is 164 g/mol. The van der Waals surface area contributed by atoms with Crippen molar-refractivity contribution >= 4 is 13.5 Å². The van der Waals surface area contributed by atoms with Crippen LogP contribution in [0.1, 0.15) is 12.5 Å². The van der Waals surface area contributed by atoms with Gasteiger partial charge in [-0.2, -0.15) is 0 Å². The fourth-order valence-corrected chi connectivity index (χ4v) is 2.13. The maximum absolute atomic E-state index is 9.79. The highest BCUT2D eigenvalue weighted by molar-refractivity contribution is 6.83. The number of aryl methyl sites for hydroxylation is 1. The van der Waals surface area contributed by atoms with Gasteiger partial charge >= 0.3 is 0 Å². The van der Waals surface area contributed by atoms with Crippen LogP contribution in [-0.4, -0.2) is 13.1 Å². The van der Waals surface area contributed by atoms with Crippen LogP contribution in [0, 0.1) is 0 Å². The van der Waals surface area contributed by atoms with Crippen LogP contribution in [0.5, 0.6) is 0 Å². The smallest absolute Gasteiger partial charge is 0.213 e. The van der Waals surface area contributed by atoms with E-state index in [4.69, 9.17) is 0 Å². The van der Waals surface area contributed by atoms with Gasteiger partial charge in [-0.1, -0.05) is 31.2 Å². The van der Waals surface area contributed by atoms with E-state index in [1.54, 1.807) is 0 Å². The van der Waals surface area contributed by atoms with Gasteiger partial charge < -0.3 is 4.80 Å². The molecule has 0 aromatic heterocycles. The summed E-state index contributed by atoms with van der Waals surface area (Å²) in [5.74, 6) is 0. The van der Waals surface area contributed by atoms with E-state index in [9.17, 15) is 4.80 Å². The zero-order valence-electron chi connectivity index (χ0n) is 7.96. The lowest BCUT2D eigenvalue weighted by atomic mass is 10.2. The van der Waals surface area contributed by atoms with Crippen molar-refractivity contribution in [3.63, 3.8) is 0 Å². The van der Waals surface area contributed by atoms with Gasteiger partial charge in [0.1, 0.15) is 0 Å². The first-order chi connectivity index (χ1) is 5.54. The maximum atomic E-state index is 9.79. The molecule has 0 spiro atoms. The molecule has 1 rings (SSSR count). The Hall–Kier alpha value is -0.603. The third kappa shape index (κ3) is 2.19. The highest BCUT2D eigenvalue weighted by atomic mass is 28.4. The van der Waals surface area contributed by atoms with E-state index in [0.717, 1.165) is 11.6 Å². The summed E-state index contributed by atoms with van der Waals surface area (Å²) in [6.45, 7) is 6.01. The van der Waals surface area contributed by atoms with Crippen molar-refractivity contribution in [1.82, 2.24) is 0 Å². The second-order valence-electron chi connectivity index (χ2n) is 3.61. The summed E-state index contributed by atoms with van der Waals surface area (Å²) in [6, 6.07) is 8.29. The Morgan fingerprint density at radius 2 is 1.67 bits per heavy atom. The van der Waals surface area contributed by atoms with Crippen molar-refractivity contribution in [2.24, 2.45) is 0 Å². The van der Waals surface area contributed by atoms with Crippen LogP contribution in [0.15, 0.2) is 24.3 Å². The van der Waals surface area contributed by atoms with E-state index in [1.165, 1.54) is 5.56 Å². The maximum Gasteiger partial charge on any atom is 0.213 e. The topological polar surface area (TPSA) is 20.2 Å². The molecule has 0 unspecified atom stereocenters. The average Bonchev–Trinajstić information content (AvgIpc) is 2.03. The minimum atomic E-state index is -2.07. The lowest BCUT2D eigenvalue weighted by Crippen LogP contribution is -2.41. The van der Waals surface area contributed by atoms with E-state index in [2.05, 4.69) is 19.1 Å². The molecule has 0 aliphatic heterocycles. The summed E-state index contributed by atoms with van der Waals surface area (Å²) in [5.41, 5.74) is 1.33. The van der Waals surface area contributed by atoms with Gasteiger partial charge in [0.15, 0.2) is 0 Å². The molecule has 0 heterocycles. The Kier molecular flexibility index (Phi) is 2.70. The summed E-state index contributed by atoms with van der Waals surface area (Å²) in [7, 11) is -2.07. The quantitative estimate of drug-likeness (QED) is 0.686. The third-order valence-corrected chi connectivity index (χ3v) is 3.81. The fraction of sp³-hybridized carbons (Fsp3) is 0.400. The highest BCUT2D eigenvalue weighted by Crippen LogP contribution is 2.02. The Balaban J connectivity index is 2.93. The molecule has 0 fully saturated rings. The molecular formula is C10H16OSi. The molecule has 0 bridgehead atoms. The van der Waals surface area contributed by atoms with Gasteiger partial charge in [0.25, 0.3) is 0 Å². The minimum Gasteiger partial charge on any atom is -0.428 e. The predicted molar refractivity (Wildman–Crippen MR) is 55.2 cm³/mol. The van der Waals surface area contributed by atoms with Crippen LogP contribution < -0.4 is 5.19 Å². The number of benzene rings is 1. The normalized spacial score (nSPS) is 11.7. The van der Waals surface area contributed by atoms with E-state index in [1.807, 2.05) is 25.2 Å². The van der Waals surface area contributed by atoms with E-state index >= 15 is 0 Å². The molecule has 0 atom stereocenters. The Morgan fingerprint density at radius 3 is 2.00 bits per heavy atom. The molecule has 2 heteroatoms. The first-order valence-corrected chi connectivity index (χ1v) is 7.30. The Morgan fingerprint density at radius 1 is 1.17 bits per heavy atom. The van der Waals surface area contributed by atoms with E-state index < -0.39 is 8.32 Å². The average molecular weight is 180 g/mol. The fourth-order valence-electron chi connectivity index (χ4n) is 1.15. The largest absolute Gasteiger partial charge is 0.428 e. The molecule has 1 aromatic rings. The third-order valence-electron chi connectivity index (χ3n) is 2.07. The summed E-state index contributed by atoms with van der Waals surface area (Å²) in [5, 5.41) is 1.11. The Labute approximate surface area is 75.2 Å². The van der Waals surface area contributed by atoms with Gasteiger partial charge in [0, 0.05) is 0 Å². The first-order valence-electron chi connectivity index (χ1n) is 4.36. The van der Waals surface area contributed by atoms with E-state index in [0.29, 0.717) is 0 Å². The van der Waals surface area contributed by atoms with Gasteiger partial charge in [0.05, 0.1) is 0 Å². The van der Waals surface area contributed by atoms with Crippen LogP contribution in [0.3, 0.4) is 0 Å². The summed E-state index contributed by atoms with van der Waals surface area (Å²) >= 11 is 0. The highest BCUT2D eigenvalue weighted by Gasteiger charge is 2.19. The lowest BCUT2D eigenvalue weighted by molar-refractivity contribution is 0.568. The summed E-state index contributed by atoms with van der Waals surface area (Å²) < 4.78 is 0. The summed E-state index contributed by atoms with van der Waals surface area (Å²) in [6.07, 6.45) is 1.06. The van der Waals surface area contributed by atoms with Crippen LogP contribution in [-0.2, 0) is 6.42 Å². The standard InChI is InChI=1S/C10H16OSi/c1-4-9-5-7-10(8-6-9)12(2,3)11/h5-8,11H,4H2,1-3H3. The monoisotopic (exact) mass is 180 g/mol. The van der Waals surface area contributed by atoms with Crippen molar-refractivity contribution in [3.05, 3.63) is 29.8 Å². The number of rotatable bonds is 2. The molecule has 0 saturated carbocycles. The Bertz CT molecular complexity index is 246. The zero-order valence-corrected chi connectivity index (χ0v) is 8.96. The molecule has 12 heavy (non-hydrogen) atoms. The molecule has 0 amide bonds. The van der Waals surface area contributed by atoms with Crippen LogP contribution >= 0.6 is 0 Å². The van der Waals surface area contributed by atoms with Gasteiger partial charge in [-0.3, -0.25) is 0 Å². The van der Waals surface area contributed by atoms with Gasteiger partial charge in [-0.15, -0.1) is 0 Å². The molecule has 1 aromatic carbocycles. The number of hydrogen-bond donors (Lipinski definition) is 1. The lowest BCUT2D eigenvalue weighted by Gasteiger charge is -2.14. The van der Waals surface area contributed by atoms with Crippen LogP contribution in [0.4, 0.5) is 0 Å². The van der Waals surface area contributed by atoms with Gasteiger partial charge in [-0.05, 0) is 30.3 Å². The molecule has 66 valence electrons. The SMILES string of the molecule is CCc1ccc([Si](C)(C)O)cc1. The van der Waals surface area contributed by atoms with Crippen LogP contribution in [0.2, 0.25) is 13.1 Å². The molecule has 0 saturated heterocycles. The van der Waals surface area contributed by atoms with Crippen molar-refractivity contribution in [2.45, 2.75) is 26.4 Å². The van der Waals surface area contributed by atoms with Crippen molar-refractivity contribution in [1.29, 1.82) is 0 Å². The van der Waals surface area contributed by atoms with Gasteiger partial charge in [-0.25, -0.2) is 0 Å². The van der Waals surface area contributed by atoms with Gasteiger partial charge in [0.2, 0.25) is 8.32 Å². The first kappa shape index (κ1) is 9.48. The molecule has 1 nitrogen and oxygen atoms in total. The molecule has 0 radical (unpaired) electrons. The van der Waals surface area contributed by atoms with Crippen molar-refractivity contribution < 1.29 is 4.80 Å². The second-order valence-corrected chi connectivity index (χ2v) is 7.30. The minimum absolute atomic E-state index is 1.06. The molecule has 1 N–H and O–H groups in total. The zero-order chi connectivity index (χ0) is 9.19. The predicted octanol–water partition coefficient (Wildman–Crippen LogP) is 1.65. The summed E-state index contributed by atoms with van der Waals surface area (Å²) in [4.78, 5) is 9.79. The van der Waals surface area contributed by atoms with Crippen molar-refractivity contribution in [3.8, 4) is 0 Å². The van der Waals surface area contributed by atoms with Crippen LogP contribution in [0.25, 0.3) is 0 Å². The van der Waals surface area contributed by atoms with Crippen molar-refractivity contribution in [2.75, 3.05) is 0 Å². The molecule has 0 aliphatic rings.